The first kappa shape index (κ1) is 13.3. The summed E-state index contributed by atoms with van der Waals surface area (Å²) in [5.41, 5.74) is 0.970. The molecule has 2 aromatic rings. The zero-order valence-corrected chi connectivity index (χ0v) is 10.5. The zero-order chi connectivity index (χ0) is 13.8. The van der Waals surface area contributed by atoms with Gasteiger partial charge < -0.3 is 0 Å². The van der Waals surface area contributed by atoms with Gasteiger partial charge in [-0.25, -0.2) is 8.78 Å². The van der Waals surface area contributed by atoms with Crippen LogP contribution in [0.25, 0.3) is 11.6 Å². The Morgan fingerprint density at radius 2 is 1.79 bits per heavy atom. The standard InChI is InChI=1S/C15H8ClF2N/c16-14-3-1-2-11(15(14)18)8-12(9-19)10-4-6-13(17)7-5-10/h1-8H. The van der Waals surface area contributed by atoms with Crippen LogP contribution in [0.5, 0.6) is 0 Å². The van der Waals surface area contributed by atoms with E-state index in [9.17, 15) is 8.78 Å². The minimum Gasteiger partial charge on any atom is -0.207 e. The van der Waals surface area contributed by atoms with Gasteiger partial charge in [0.2, 0.25) is 0 Å². The lowest BCUT2D eigenvalue weighted by atomic mass is 10.0. The highest BCUT2D eigenvalue weighted by atomic mass is 35.5. The van der Waals surface area contributed by atoms with E-state index in [0.717, 1.165) is 0 Å². The Morgan fingerprint density at radius 1 is 1.11 bits per heavy atom. The molecule has 19 heavy (non-hydrogen) atoms. The topological polar surface area (TPSA) is 23.8 Å². The number of nitrogens with zero attached hydrogens (tertiary/aromatic N) is 1. The second kappa shape index (κ2) is 5.64. The Balaban J connectivity index is 2.48. The van der Waals surface area contributed by atoms with Crippen LogP contribution < -0.4 is 0 Å². The molecule has 4 heteroatoms. The summed E-state index contributed by atoms with van der Waals surface area (Å²) >= 11 is 5.67. The van der Waals surface area contributed by atoms with Crippen molar-refractivity contribution in [3.05, 3.63) is 70.2 Å². The molecule has 0 aromatic heterocycles. The van der Waals surface area contributed by atoms with Crippen LogP contribution in [0.2, 0.25) is 5.02 Å². The van der Waals surface area contributed by atoms with E-state index in [1.165, 1.54) is 42.5 Å². The average Bonchev–Trinajstić information content (AvgIpc) is 2.42. The highest BCUT2D eigenvalue weighted by Gasteiger charge is 2.07. The third-order valence-corrected chi connectivity index (χ3v) is 2.85. The van der Waals surface area contributed by atoms with Crippen LogP contribution >= 0.6 is 11.6 Å². The number of halogens is 3. The molecule has 0 atom stereocenters. The van der Waals surface area contributed by atoms with Gasteiger partial charge in [-0.05, 0) is 29.8 Å². The van der Waals surface area contributed by atoms with Crippen molar-refractivity contribution in [3.63, 3.8) is 0 Å². The number of benzene rings is 2. The summed E-state index contributed by atoms with van der Waals surface area (Å²) in [6.45, 7) is 0. The van der Waals surface area contributed by atoms with Crippen molar-refractivity contribution in [2.45, 2.75) is 0 Å². The van der Waals surface area contributed by atoms with Crippen LogP contribution in [-0.2, 0) is 0 Å². The van der Waals surface area contributed by atoms with Crippen LogP contribution in [0.1, 0.15) is 11.1 Å². The number of nitriles is 1. The highest BCUT2D eigenvalue weighted by molar-refractivity contribution is 6.30. The molecule has 0 bridgehead atoms. The smallest absolute Gasteiger partial charge is 0.149 e. The molecule has 1 nitrogen and oxygen atoms in total. The zero-order valence-electron chi connectivity index (χ0n) is 9.70. The highest BCUT2D eigenvalue weighted by Crippen LogP contribution is 2.23. The normalized spacial score (nSPS) is 11.2. The summed E-state index contributed by atoms with van der Waals surface area (Å²) in [7, 11) is 0. The van der Waals surface area contributed by atoms with Crippen LogP contribution in [0, 0.1) is 23.0 Å². The molecule has 0 aliphatic carbocycles. The van der Waals surface area contributed by atoms with Gasteiger partial charge >= 0.3 is 0 Å². The molecule has 0 saturated heterocycles. The lowest BCUT2D eigenvalue weighted by Crippen LogP contribution is -1.87. The quantitative estimate of drug-likeness (QED) is 0.576. The van der Waals surface area contributed by atoms with Crippen LogP contribution in [0.15, 0.2) is 42.5 Å². The number of allylic oxidation sites excluding steroid dienone is 1. The Bertz CT molecular complexity index is 670. The summed E-state index contributed by atoms with van der Waals surface area (Å²) in [5.74, 6) is -0.978. The van der Waals surface area contributed by atoms with Gasteiger partial charge in [-0.15, -0.1) is 0 Å². The van der Waals surface area contributed by atoms with Crippen LogP contribution in [0.3, 0.4) is 0 Å². The molecule has 0 saturated carbocycles. The number of hydrogen-bond acceptors (Lipinski definition) is 1. The van der Waals surface area contributed by atoms with E-state index in [1.807, 2.05) is 6.07 Å². The maximum absolute atomic E-state index is 13.7. The third kappa shape index (κ3) is 2.98. The molecule has 0 fully saturated rings. The van der Waals surface area contributed by atoms with Crippen molar-refractivity contribution < 1.29 is 8.78 Å². The van der Waals surface area contributed by atoms with E-state index in [-0.39, 0.29) is 16.2 Å². The maximum atomic E-state index is 13.7. The molecule has 0 amide bonds. The first-order valence-corrected chi connectivity index (χ1v) is 5.81. The molecule has 0 heterocycles. The van der Waals surface area contributed by atoms with E-state index < -0.39 is 11.6 Å². The minimum atomic E-state index is -0.584. The second-order valence-corrected chi connectivity index (χ2v) is 4.23. The summed E-state index contributed by atoms with van der Waals surface area (Å²) in [6.07, 6.45) is 1.38. The molecular weight excluding hydrogens is 268 g/mol. The van der Waals surface area contributed by atoms with Gasteiger partial charge in [0.1, 0.15) is 11.6 Å². The van der Waals surface area contributed by atoms with E-state index in [0.29, 0.717) is 5.56 Å². The van der Waals surface area contributed by atoms with Crippen molar-refractivity contribution in [1.82, 2.24) is 0 Å². The number of hydrogen-bond donors (Lipinski definition) is 0. The predicted molar refractivity (Wildman–Crippen MR) is 71.3 cm³/mol. The second-order valence-electron chi connectivity index (χ2n) is 3.82. The molecule has 2 aromatic carbocycles. The molecule has 0 N–H and O–H groups in total. The summed E-state index contributed by atoms with van der Waals surface area (Å²) < 4.78 is 26.6. The SMILES string of the molecule is N#CC(=Cc1cccc(Cl)c1F)c1ccc(F)cc1. The molecule has 0 aliphatic heterocycles. The molecule has 2 rings (SSSR count). The largest absolute Gasteiger partial charge is 0.207 e. The Morgan fingerprint density at radius 3 is 2.42 bits per heavy atom. The molecule has 0 aliphatic rings. The molecule has 94 valence electrons. The Labute approximate surface area is 114 Å². The summed E-state index contributed by atoms with van der Waals surface area (Å²) in [6, 6.07) is 11.9. The van der Waals surface area contributed by atoms with Gasteiger partial charge in [0.25, 0.3) is 0 Å². The monoisotopic (exact) mass is 275 g/mol. The van der Waals surface area contributed by atoms with E-state index in [1.54, 1.807) is 6.07 Å². The fourth-order valence-electron chi connectivity index (χ4n) is 1.60. The van der Waals surface area contributed by atoms with Gasteiger partial charge in [0.05, 0.1) is 16.7 Å². The lowest BCUT2D eigenvalue weighted by Gasteiger charge is -2.02. The van der Waals surface area contributed by atoms with E-state index in [2.05, 4.69) is 0 Å². The van der Waals surface area contributed by atoms with Crippen molar-refractivity contribution in [3.8, 4) is 6.07 Å². The van der Waals surface area contributed by atoms with E-state index >= 15 is 0 Å². The first-order valence-electron chi connectivity index (χ1n) is 5.43. The minimum absolute atomic E-state index is 0.00912. The van der Waals surface area contributed by atoms with Crippen molar-refractivity contribution in [1.29, 1.82) is 5.26 Å². The molecule has 0 unspecified atom stereocenters. The van der Waals surface area contributed by atoms with Gasteiger partial charge in [0.15, 0.2) is 0 Å². The Kier molecular flexibility index (Phi) is 3.94. The van der Waals surface area contributed by atoms with Gasteiger partial charge in [0, 0.05) is 5.56 Å². The van der Waals surface area contributed by atoms with Crippen molar-refractivity contribution in [2.75, 3.05) is 0 Å². The average molecular weight is 276 g/mol. The van der Waals surface area contributed by atoms with Crippen molar-refractivity contribution in [2.24, 2.45) is 0 Å². The van der Waals surface area contributed by atoms with Crippen molar-refractivity contribution >= 4 is 23.3 Å². The predicted octanol–water partition coefficient (Wildman–Crippen LogP) is 4.68. The van der Waals surface area contributed by atoms with Gasteiger partial charge in [-0.1, -0.05) is 35.9 Å². The van der Waals surface area contributed by atoms with Gasteiger partial charge in [-0.2, -0.15) is 5.26 Å². The lowest BCUT2D eigenvalue weighted by molar-refractivity contribution is 0.625. The molecular formula is C15H8ClF2N. The number of rotatable bonds is 2. The van der Waals surface area contributed by atoms with Gasteiger partial charge in [-0.3, -0.25) is 0 Å². The van der Waals surface area contributed by atoms with Crippen LogP contribution in [0.4, 0.5) is 8.78 Å². The fraction of sp³-hybridized carbons (Fsp3) is 0. The summed E-state index contributed by atoms with van der Waals surface area (Å²) in [5, 5.41) is 9.09. The maximum Gasteiger partial charge on any atom is 0.149 e. The molecule has 0 spiro atoms. The first-order chi connectivity index (χ1) is 9.11. The molecule has 0 radical (unpaired) electrons. The fourth-order valence-corrected chi connectivity index (χ4v) is 1.78. The van der Waals surface area contributed by atoms with Crippen LogP contribution in [-0.4, -0.2) is 0 Å². The Hall–Kier alpha value is -2.18. The van der Waals surface area contributed by atoms with E-state index in [4.69, 9.17) is 16.9 Å². The summed E-state index contributed by atoms with van der Waals surface area (Å²) in [4.78, 5) is 0. The third-order valence-electron chi connectivity index (χ3n) is 2.56.